The zero-order valence-corrected chi connectivity index (χ0v) is 17.2. The van der Waals surface area contributed by atoms with Crippen LogP contribution in [-0.2, 0) is 11.3 Å². The topological polar surface area (TPSA) is 79.2 Å². The van der Waals surface area contributed by atoms with Crippen molar-refractivity contribution in [1.29, 1.82) is 0 Å². The highest BCUT2D eigenvalue weighted by Crippen LogP contribution is 2.37. The molecule has 2 heterocycles. The highest BCUT2D eigenvalue weighted by atomic mass is 32.2. The predicted octanol–water partition coefficient (Wildman–Crippen LogP) is 1.56. The minimum Gasteiger partial charge on any atom is -0.369 e. The molecule has 1 amide bonds. The Labute approximate surface area is 169 Å². The van der Waals surface area contributed by atoms with Gasteiger partial charge in [-0.15, -0.1) is 5.10 Å². The lowest BCUT2D eigenvalue weighted by Gasteiger charge is -2.35. The molecule has 2 aliphatic rings. The number of carbonyl (C=O) groups is 1. The van der Waals surface area contributed by atoms with Crippen LogP contribution in [0.4, 0.5) is 5.69 Å². The van der Waals surface area contributed by atoms with Crippen LogP contribution in [0.2, 0.25) is 0 Å². The fourth-order valence-corrected chi connectivity index (χ4v) is 4.25. The maximum Gasteiger partial charge on any atom is 0.233 e. The zero-order valence-electron chi connectivity index (χ0n) is 16.4. The van der Waals surface area contributed by atoms with Crippen LogP contribution in [0.3, 0.4) is 0 Å². The Hall–Kier alpha value is -2.13. The number of aromatic nitrogens is 4. The van der Waals surface area contributed by atoms with Gasteiger partial charge < -0.3 is 15.1 Å². The van der Waals surface area contributed by atoms with Crippen molar-refractivity contribution in [2.24, 2.45) is 0 Å². The van der Waals surface area contributed by atoms with Gasteiger partial charge in [0.1, 0.15) is 0 Å². The number of rotatable bonds is 7. The number of thioether (sulfide) groups is 1. The Morgan fingerprint density at radius 2 is 2.00 bits per heavy atom. The molecule has 1 aromatic heterocycles. The van der Waals surface area contributed by atoms with Crippen molar-refractivity contribution < 1.29 is 4.79 Å². The number of benzene rings is 1. The van der Waals surface area contributed by atoms with Crippen molar-refractivity contribution >= 4 is 23.4 Å². The summed E-state index contributed by atoms with van der Waals surface area (Å²) in [6.45, 7) is 6.57. The summed E-state index contributed by atoms with van der Waals surface area (Å²) < 4.78 is 1.84. The van der Waals surface area contributed by atoms with Gasteiger partial charge >= 0.3 is 0 Å². The van der Waals surface area contributed by atoms with E-state index in [2.05, 4.69) is 55.9 Å². The molecule has 1 N–H and O–H groups in total. The Kier molecular flexibility index (Phi) is 5.82. The zero-order chi connectivity index (χ0) is 19.5. The van der Waals surface area contributed by atoms with E-state index in [-0.39, 0.29) is 11.2 Å². The molecule has 9 heteroatoms. The number of nitrogens with zero attached hydrogens (tertiary/aromatic N) is 6. The highest BCUT2D eigenvalue weighted by molar-refractivity contribution is 8.00. The third kappa shape index (κ3) is 4.47. The van der Waals surface area contributed by atoms with E-state index in [1.54, 1.807) is 0 Å². The molecule has 1 atom stereocenters. The second kappa shape index (κ2) is 8.48. The molecule has 28 heavy (non-hydrogen) atoms. The standard InChI is InChI=1S/C19H27N7OS/c1-14(28-19-21-22-23-26(19)16-7-8-16)18(27)20-13-15-5-3-4-6-17(15)25-11-9-24(2)10-12-25/h3-6,14,16H,7-13H2,1-2H3,(H,20,27). The lowest BCUT2D eigenvalue weighted by molar-refractivity contribution is -0.120. The molecule has 0 bridgehead atoms. The highest BCUT2D eigenvalue weighted by Gasteiger charge is 2.29. The maximum atomic E-state index is 12.6. The van der Waals surface area contributed by atoms with Crippen molar-refractivity contribution in [2.75, 3.05) is 38.1 Å². The molecule has 1 saturated carbocycles. The van der Waals surface area contributed by atoms with Gasteiger partial charge in [-0.05, 0) is 48.9 Å². The first-order valence-electron chi connectivity index (χ1n) is 9.85. The number of tetrazole rings is 1. The second-order valence-corrected chi connectivity index (χ2v) is 8.84. The SMILES string of the molecule is CC(Sc1nnnn1C1CC1)C(=O)NCc1ccccc1N1CCN(C)CC1. The van der Waals surface area contributed by atoms with Gasteiger partial charge in [0.25, 0.3) is 0 Å². The molecular weight excluding hydrogens is 374 g/mol. The van der Waals surface area contributed by atoms with Crippen molar-refractivity contribution in [1.82, 2.24) is 30.4 Å². The number of carbonyl (C=O) groups excluding carboxylic acids is 1. The number of nitrogens with one attached hydrogen (secondary N) is 1. The molecule has 0 spiro atoms. The Balaban J connectivity index is 1.35. The second-order valence-electron chi connectivity index (χ2n) is 7.53. The minimum atomic E-state index is -0.251. The lowest BCUT2D eigenvalue weighted by Crippen LogP contribution is -2.45. The fourth-order valence-electron chi connectivity index (χ4n) is 3.37. The maximum absolute atomic E-state index is 12.6. The van der Waals surface area contributed by atoms with Crippen molar-refractivity contribution in [2.45, 2.75) is 42.8 Å². The minimum absolute atomic E-state index is 0.00327. The van der Waals surface area contributed by atoms with Crippen molar-refractivity contribution in [3.63, 3.8) is 0 Å². The molecule has 1 aliphatic carbocycles. The van der Waals surface area contributed by atoms with Crippen LogP contribution in [0.5, 0.6) is 0 Å². The van der Waals surface area contributed by atoms with Gasteiger partial charge in [0.05, 0.1) is 11.3 Å². The van der Waals surface area contributed by atoms with Crippen LogP contribution >= 0.6 is 11.8 Å². The largest absolute Gasteiger partial charge is 0.369 e. The number of para-hydroxylation sites is 1. The molecule has 1 saturated heterocycles. The summed E-state index contributed by atoms with van der Waals surface area (Å²) >= 11 is 1.42. The van der Waals surface area contributed by atoms with Gasteiger partial charge in [0.15, 0.2) is 0 Å². The smallest absolute Gasteiger partial charge is 0.233 e. The van der Waals surface area contributed by atoms with Crippen molar-refractivity contribution in [3.05, 3.63) is 29.8 Å². The van der Waals surface area contributed by atoms with Crippen LogP contribution in [0.1, 0.15) is 31.4 Å². The van der Waals surface area contributed by atoms with E-state index in [9.17, 15) is 4.79 Å². The molecule has 8 nitrogen and oxygen atoms in total. The Morgan fingerprint density at radius 1 is 1.25 bits per heavy atom. The van der Waals surface area contributed by atoms with E-state index in [0.717, 1.165) is 49.7 Å². The van der Waals surface area contributed by atoms with E-state index in [4.69, 9.17) is 0 Å². The molecule has 4 rings (SSSR count). The third-order valence-corrected chi connectivity index (χ3v) is 6.34. The third-order valence-electron chi connectivity index (χ3n) is 5.30. The molecule has 1 aliphatic heterocycles. The first kappa shape index (κ1) is 19.2. The quantitative estimate of drug-likeness (QED) is 0.705. The van der Waals surface area contributed by atoms with Crippen LogP contribution in [-0.4, -0.2) is 69.5 Å². The molecule has 2 aromatic rings. The predicted molar refractivity (Wildman–Crippen MR) is 109 cm³/mol. The summed E-state index contributed by atoms with van der Waals surface area (Å²) in [6, 6.07) is 8.75. The average Bonchev–Trinajstić information content (AvgIpc) is 3.46. The molecule has 1 unspecified atom stereocenters. The van der Waals surface area contributed by atoms with Gasteiger partial charge in [0.2, 0.25) is 11.1 Å². The Bertz CT molecular complexity index is 814. The Morgan fingerprint density at radius 3 is 2.75 bits per heavy atom. The van der Waals surface area contributed by atoms with E-state index >= 15 is 0 Å². The summed E-state index contributed by atoms with van der Waals surface area (Å²) in [5, 5.41) is 15.4. The van der Waals surface area contributed by atoms with Crippen LogP contribution < -0.4 is 10.2 Å². The number of hydrogen-bond acceptors (Lipinski definition) is 7. The number of likely N-dealkylation sites (N-methyl/N-ethyl adjacent to an activating group) is 1. The average molecular weight is 402 g/mol. The molecule has 1 aromatic carbocycles. The summed E-state index contributed by atoms with van der Waals surface area (Å²) in [4.78, 5) is 17.4. The summed E-state index contributed by atoms with van der Waals surface area (Å²) in [7, 11) is 2.15. The summed E-state index contributed by atoms with van der Waals surface area (Å²) in [6.07, 6.45) is 2.23. The van der Waals surface area contributed by atoms with Gasteiger partial charge in [-0.3, -0.25) is 4.79 Å². The normalized spacial score (nSPS) is 18.9. The first-order valence-corrected chi connectivity index (χ1v) is 10.7. The molecule has 2 fully saturated rings. The number of anilines is 1. The molecule has 150 valence electrons. The van der Waals surface area contributed by atoms with Gasteiger partial charge in [-0.1, -0.05) is 30.0 Å². The molecular formula is C19H27N7OS. The fraction of sp³-hybridized carbons (Fsp3) is 0.579. The lowest BCUT2D eigenvalue weighted by atomic mass is 10.1. The monoisotopic (exact) mass is 401 g/mol. The van der Waals surface area contributed by atoms with Crippen LogP contribution in [0.25, 0.3) is 0 Å². The summed E-state index contributed by atoms with van der Waals surface area (Å²) in [5.41, 5.74) is 2.37. The summed E-state index contributed by atoms with van der Waals surface area (Å²) in [5.74, 6) is 0.00327. The van der Waals surface area contributed by atoms with E-state index in [1.165, 1.54) is 17.4 Å². The first-order chi connectivity index (χ1) is 13.6. The van der Waals surface area contributed by atoms with E-state index < -0.39 is 0 Å². The van der Waals surface area contributed by atoms with E-state index in [1.807, 2.05) is 17.7 Å². The molecule has 0 radical (unpaired) electrons. The number of piperazine rings is 1. The van der Waals surface area contributed by atoms with Gasteiger partial charge in [-0.25, -0.2) is 4.68 Å². The number of hydrogen-bond donors (Lipinski definition) is 1. The van der Waals surface area contributed by atoms with Crippen LogP contribution in [0.15, 0.2) is 29.4 Å². The number of amides is 1. The van der Waals surface area contributed by atoms with Gasteiger partial charge in [0, 0.05) is 38.4 Å². The van der Waals surface area contributed by atoms with Gasteiger partial charge in [-0.2, -0.15) is 0 Å². The van der Waals surface area contributed by atoms with Crippen molar-refractivity contribution in [3.8, 4) is 0 Å². The van der Waals surface area contributed by atoms with E-state index in [0.29, 0.717) is 12.6 Å². The van der Waals surface area contributed by atoms with Crippen LogP contribution in [0, 0.1) is 0 Å².